The first-order valence-electron chi connectivity index (χ1n) is 10.6. The third-order valence-corrected chi connectivity index (χ3v) is 5.72. The first-order valence-corrected chi connectivity index (χ1v) is 10.9. The molecule has 1 saturated carbocycles. The number of nitrogens with zero attached hydrogens (tertiary/aromatic N) is 3. The largest absolute Gasteiger partial charge is 0.481 e. The molecule has 8 nitrogen and oxygen atoms in total. The van der Waals surface area contributed by atoms with E-state index in [4.69, 9.17) is 20.9 Å². The minimum absolute atomic E-state index is 0.0335. The van der Waals surface area contributed by atoms with Gasteiger partial charge in [-0.25, -0.2) is 4.98 Å². The maximum Gasteiger partial charge on any atom is 0.306 e. The Bertz CT molecular complexity index is 1130. The summed E-state index contributed by atoms with van der Waals surface area (Å²) in [6.45, 7) is 5.80. The number of hydrogen-bond acceptors (Lipinski definition) is 7. The summed E-state index contributed by atoms with van der Waals surface area (Å²) in [5.74, 6) is 0.156. The van der Waals surface area contributed by atoms with Gasteiger partial charge in [0.15, 0.2) is 0 Å². The Kier molecular flexibility index (Phi) is 6.32. The van der Waals surface area contributed by atoms with E-state index in [1.165, 1.54) is 0 Å². The molecule has 0 aliphatic heterocycles. The van der Waals surface area contributed by atoms with E-state index in [9.17, 15) is 9.90 Å². The van der Waals surface area contributed by atoms with Crippen LogP contribution in [0.1, 0.15) is 38.7 Å². The van der Waals surface area contributed by atoms with Gasteiger partial charge < -0.3 is 19.7 Å². The van der Waals surface area contributed by atoms with E-state index in [1.807, 2.05) is 39.0 Å². The molecule has 0 spiro atoms. The maximum atomic E-state index is 11.2. The summed E-state index contributed by atoms with van der Waals surface area (Å²) in [5, 5.41) is 17.1. The highest BCUT2D eigenvalue weighted by Gasteiger charge is 2.29. The minimum atomic E-state index is -0.715. The van der Waals surface area contributed by atoms with Crippen LogP contribution in [0.5, 0.6) is 5.88 Å². The zero-order chi connectivity index (χ0) is 22.8. The molecule has 2 aromatic heterocycles. The third-order valence-electron chi connectivity index (χ3n) is 5.45. The second-order valence-electron chi connectivity index (χ2n) is 8.32. The number of ether oxygens (including phenoxy) is 1. The van der Waals surface area contributed by atoms with Gasteiger partial charge in [-0.2, -0.15) is 4.98 Å². The molecule has 32 heavy (non-hydrogen) atoms. The quantitative estimate of drug-likeness (QED) is 0.498. The van der Waals surface area contributed by atoms with Crippen molar-refractivity contribution in [1.29, 1.82) is 0 Å². The molecule has 168 valence electrons. The summed E-state index contributed by atoms with van der Waals surface area (Å²) in [6, 6.07) is 7.71. The Labute approximate surface area is 191 Å². The van der Waals surface area contributed by atoms with Crippen LogP contribution >= 0.6 is 11.6 Å². The number of benzene rings is 1. The summed E-state index contributed by atoms with van der Waals surface area (Å²) < 4.78 is 11.0. The smallest absolute Gasteiger partial charge is 0.306 e. The molecule has 0 amide bonds. The van der Waals surface area contributed by atoms with Gasteiger partial charge in [-0.3, -0.25) is 4.79 Å². The summed E-state index contributed by atoms with van der Waals surface area (Å²) in [4.78, 5) is 19.9. The van der Waals surface area contributed by atoms with Gasteiger partial charge in [-0.05, 0) is 69.9 Å². The summed E-state index contributed by atoms with van der Waals surface area (Å²) >= 11 is 6.26. The fourth-order valence-corrected chi connectivity index (χ4v) is 4.04. The van der Waals surface area contributed by atoms with Gasteiger partial charge in [-0.1, -0.05) is 16.8 Å². The summed E-state index contributed by atoms with van der Waals surface area (Å²) in [6.07, 6.45) is 3.75. The number of carboxylic acids is 1. The van der Waals surface area contributed by atoms with E-state index < -0.39 is 5.97 Å². The van der Waals surface area contributed by atoms with Gasteiger partial charge in [0.25, 0.3) is 5.89 Å². The molecular formula is C23H25ClN4O4. The van der Waals surface area contributed by atoms with Crippen molar-refractivity contribution in [2.24, 2.45) is 5.92 Å². The van der Waals surface area contributed by atoms with E-state index in [-0.39, 0.29) is 18.1 Å². The number of halogens is 1. The predicted octanol–water partition coefficient (Wildman–Crippen LogP) is 5.21. The second-order valence-corrected chi connectivity index (χ2v) is 8.73. The Hall–Kier alpha value is -3.13. The Morgan fingerprint density at radius 3 is 2.75 bits per heavy atom. The molecule has 2 N–H and O–H groups in total. The van der Waals surface area contributed by atoms with Crippen LogP contribution in [0.25, 0.3) is 22.8 Å². The number of pyridine rings is 1. The van der Waals surface area contributed by atoms with Gasteiger partial charge >= 0.3 is 5.97 Å². The van der Waals surface area contributed by atoms with Crippen molar-refractivity contribution in [3.05, 3.63) is 41.0 Å². The van der Waals surface area contributed by atoms with Crippen LogP contribution in [-0.4, -0.2) is 38.3 Å². The molecule has 2 atom stereocenters. The number of rotatable bonds is 7. The number of aromatic nitrogens is 3. The number of nitrogens with one attached hydrogen (secondary N) is 1. The normalized spacial score (nSPS) is 18.2. The van der Waals surface area contributed by atoms with Crippen LogP contribution in [0.3, 0.4) is 0 Å². The molecule has 0 saturated heterocycles. The van der Waals surface area contributed by atoms with Crippen molar-refractivity contribution < 1.29 is 19.2 Å². The van der Waals surface area contributed by atoms with Crippen molar-refractivity contribution >= 4 is 23.3 Å². The zero-order valence-corrected chi connectivity index (χ0v) is 18.9. The number of carbonyl (C=O) groups is 1. The molecule has 1 fully saturated rings. The van der Waals surface area contributed by atoms with Crippen molar-refractivity contribution in [2.75, 3.05) is 5.32 Å². The number of aliphatic carboxylic acids is 1. The lowest BCUT2D eigenvalue weighted by atomic mass is 10.1. The van der Waals surface area contributed by atoms with Crippen LogP contribution in [0.2, 0.25) is 5.02 Å². The molecule has 1 aromatic carbocycles. The molecule has 4 rings (SSSR count). The molecule has 2 heterocycles. The van der Waals surface area contributed by atoms with E-state index in [0.29, 0.717) is 41.0 Å². The number of hydrogen-bond donors (Lipinski definition) is 2. The highest BCUT2D eigenvalue weighted by molar-refractivity contribution is 6.32. The van der Waals surface area contributed by atoms with Gasteiger partial charge in [0.05, 0.1) is 17.6 Å². The lowest BCUT2D eigenvalue weighted by molar-refractivity contribution is -0.141. The van der Waals surface area contributed by atoms with Gasteiger partial charge in [0, 0.05) is 23.5 Å². The topological polar surface area (TPSA) is 110 Å². The van der Waals surface area contributed by atoms with Crippen LogP contribution in [-0.2, 0) is 4.79 Å². The number of carboxylic acid groups (broad SMARTS) is 1. The maximum absolute atomic E-state index is 11.2. The highest BCUT2D eigenvalue weighted by Crippen LogP contribution is 2.32. The Balaban J connectivity index is 1.48. The van der Waals surface area contributed by atoms with Gasteiger partial charge in [0.1, 0.15) is 5.02 Å². The van der Waals surface area contributed by atoms with Crippen molar-refractivity contribution in [2.45, 2.75) is 52.2 Å². The molecule has 0 bridgehead atoms. The number of aryl methyl sites for hydroxylation is 1. The lowest BCUT2D eigenvalue weighted by Gasteiger charge is -2.16. The first kappa shape index (κ1) is 22.1. The van der Waals surface area contributed by atoms with Crippen LogP contribution in [0.4, 0.5) is 5.69 Å². The molecule has 1 aliphatic carbocycles. The van der Waals surface area contributed by atoms with Gasteiger partial charge in [-0.15, -0.1) is 0 Å². The standard InChI is InChI=1S/C23H25ClN4O4/c1-12(2)31-22-18(24)10-16(11-25-22)21-27-20(28-32-21)14-5-7-19(13(3)8-14)26-17-6-4-15(9-17)23(29)30/h5,7-8,10-12,15,17,26H,4,6,9H2,1-3H3,(H,29,30)/t15-,17+/m1/s1. The molecule has 9 heteroatoms. The van der Waals surface area contributed by atoms with E-state index in [2.05, 4.69) is 20.4 Å². The van der Waals surface area contributed by atoms with E-state index in [1.54, 1.807) is 12.3 Å². The lowest BCUT2D eigenvalue weighted by Crippen LogP contribution is -2.18. The average molecular weight is 457 g/mol. The first-order chi connectivity index (χ1) is 15.3. The fourth-order valence-electron chi connectivity index (χ4n) is 3.83. The van der Waals surface area contributed by atoms with Crippen molar-refractivity contribution in [1.82, 2.24) is 15.1 Å². The summed E-state index contributed by atoms with van der Waals surface area (Å²) in [5.41, 5.74) is 3.42. The summed E-state index contributed by atoms with van der Waals surface area (Å²) in [7, 11) is 0. The Morgan fingerprint density at radius 1 is 1.28 bits per heavy atom. The Morgan fingerprint density at radius 2 is 2.09 bits per heavy atom. The number of anilines is 1. The minimum Gasteiger partial charge on any atom is -0.481 e. The monoisotopic (exact) mass is 456 g/mol. The van der Waals surface area contributed by atoms with E-state index in [0.717, 1.165) is 23.2 Å². The van der Waals surface area contributed by atoms with Gasteiger partial charge in [0.2, 0.25) is 11.7 Å². The van der Waals surface area contributed by atoms with E-state index >= 15 is 0 Å². The predicted molar refractivity (Wildman–Crippen MR) is 121 cm³/mol. The molecule has 1 aliphatic rings. The molecular weight excluding hydrogens is 432 g/mol. The molecule has 3 aromatic rings. The molecule has 0 unspecified atom stereocenters. The zero-order valence-electron chi connectivity index (χ0n) is 18.1. The van der Waals surface area contributed by atoms with Crippen LogP contribution < -0.4 is 10.1 Å². The third kappa shape index (κ3) is 4.85. The average Bonchev–Trinajstić information content (AvgIpc) is 3.41. The highest BCUT2D eigenvalue weighted by atomic mass is 35.5. The van der Waals surface area contributed by atoms with Crippen LogP contribution in [0, 0.1) is 12.8 Å². The fraction of sp³-hybridized carbons (Fsp3) is 0.391. The van der Waals surface area contributed by atoms with Crippen molar-refractivity contribution in [3.63, 3.8) is 0 Å². The van der Waals surface area contributed by atoms with Crippen LogP contribution in [0.15, 0.2) is 35.0 Å². The molecule has 0 radical (unpaired) electrons. The van der Waals surface area contributed by atoms with Crippen molar-refractivity contribution in [3.8, 4) is 28.7 Å². The second kappa shape index (κ2) is 9.16. The SMILES string of the molecule is Cc1cc(-c2noc(-c3cnc(OC(C)C)c(Cl)c3)n2)ccc1N[C@H]1CC[C@@H](C(=O)O)C1.